The second kappa shape index (κ2) is 7.74. The van der Waals surface area contributed by atoms with Crippen LogP contribution in [0.4, 0.5) is 0 Å². The largest absolute Gasteiger partial charge is 0.385 e. The SMILES string of the molecule is C#CCCCN1C(Sc2cc(C#N)cc(C#N)c2)=NC2C(N)=NC=NC21. The highest BCUT2D eigenvalue weighted by atomic mass is 32.2. The molecule has 1 aromatic rings. The van der Waals surface area contributed by atoms with E-state index in [1.165, 1.54) is 18.1 Å². The minimum Gasteiger partial charge on any atom is -0.385 e. The van der Waals surface area contributed by atoms with Crippen molar-refractivity contribution in [3.63, 3.8) is 0 Å². The fourth-order valence-electron chi connectivity index (χ4n) is 2.73. The van der Waals surface area contributed by atoms with Crippen molar-refractivity contribution in [2.45, 2.75) is 29.9 Å². The first kappa shape index (κ1) is 17.5. The summed E-state index contributed by atoms with van der Waals surface area (Å²) in [6.07, 6.45) is 8.03. The lowest BCUT2D eigenvalue weighted by Crippen LogP contribution is -2.45. The van der Waals surface area contributed by atoms with Crippen LogP contribution in [0.15, 0.2) is 38.1 Å². The van der Waals surface area contributed by atoms with Crippen LogP contribution in [0, 0.1) is 35.0 Å². The molecule has 26 heavy (non-hydrogen) atoms. The molecule has 0 radical (unpaired) electrons. The number of rotatable bonds is 4. The van der Waals surface area contributed by atoms with Crippen LogP contribution >= 0.6 is 11.8 Å². The predicted molar refractivity (Wildman–Crippen MR) is 102 cm³/mol. The molecule has 0 saturated carbocycles. The van der Waals surface area contributed by atoms with Gasteiger partial charge in [0.25, 0.3) is 0 Å². The van der Waals surface area contributed by atoms with Crippen molar-refractivity contribution in [1.29, 1.82) is 10.5 Å². The molecule has 2 unspecified atom stereocenters. The molecule has 0 saturated heterocycles. The monoisotopic (exact) mass is 361 g/mol. The smallest absolute Gasteiger partial charge is 0.166 e. The molecule has 2 N–H and O–H groups in total. The van der Waals surface area contributed by atoms with Gasteiger partial charge in [0.2, 0.25) is 0 Å². The van der Waals surface area contributed by atoms with Gasteiger partial charge >= 0.3 is 0 Å². The lowest BCUT2D eigenvalue weighted by molar-refractivity contribution is 0.336. The Balaban J connectivity index is 1.89. The van der Waals surface area contributed by atoms with Gasteiger partial charge in [-0.15, -0.1) is 12.3 Å². The van der Waals surface area contributed by atoms with Crippen LogP contribution in [0.2, 0.25) is 0 Å². The zero-order valence-corrected chi connectivity index (χ0v) is 14.6. The minimum absolute atomic E-state index is 0.234. The highest BCUT2D eigenvalue weighted by molar-refractivity contribution is 8.13. The Bertz CT molecular complexity index is 894. The molecule has 3 rings (SSSR count). The molecule has 0 aliphatic carbocycles. The normalized spacial score (nSPS) is 20.4. The maximum atomic E-state index is 9.16. The molecule has 0 fully saturated rings. The third kappa shape index (κ3) is 3.54. The molecule has 128 valence electrons. The van der Waals surface area contributed by atoms with E-state index < -0.39 is 0 Å². The van der Waals surface area contributed by atoms with Crippen LogP contribution in [0.1, 0.15) is 24.0 Å². The molecule has 8 heteroatoms. The standard InChI is InChI=1S/C18H15N7S/c1-2-3-4-5-25-17-15(16(21)22-11-23-17)24-18(25)26-14-7-12(9-19)6-13(8-14)10-20/h1,6-8,11,15,17H,3-5H2,(H2,21,22,23). The van der Waals surface area contributed by atoms with Crippen LogP contribution in [-0.4, -0.2) is 41.0 Å². The van der Waals surface area contributed by atoms with Crippen LogP contribution in [0.3, 0.4) is 0 Å². The number of nitriles is 2. The fourth-order valence-corrected chi connectivity index (χ4v) is 3.79. The summed E-state index contributed by atoms with van der Waals surface area (Å²) in [7, 11) is 0. The van der Waals surface area contributed by atoms with E-state index in [2.05, 4.69) is 37.9 Å². The summed E-state index contributed by atoms with van der Waals surface area (Å²) in [6, 6.07) is 8.84. The first-order valence-corrected chi connectivity index (χ1v) is 8.73. The Kier molecular flexibility index (Phi) is 5.22. The number of terminal acetylenes is 1. The highest BCUT2D eigenvalue weighted by Crippen LogP contribution is 2.32. The van der Waals surface area contributed by atoms with Crippen molar-refractivity contribution in [1.82, 2.24) is 4.90 Å². The molecule has 7 nitrogen and oxygen atoms in total. The molecular weight excluding hydrogens is 346 g/mol. The summed E-state index contributed by atoms with van der Waals surface area (Å²) < 4.78 is 0. The number of fused-ring (bicyclic) bond motifs is 1. The van der Waals surface area contributed by atoms with Gasteiger partial charge in [-0.3, -0.25) is 0 Å². The van der Waals surface area contributed by atoms with Gasteiger partial charge in [0.15, 0.2) is 17.4 Å². The Hall–Kier alpha value is -3.28. The Labute approximate surface area is 155 Å². The van der Waals surface area contributed by atoms with Crippen LogP contribution in [0.25, 0.3) is 0 Å². The summed E-state index contributed by atoms with van der Waals surface area (Å²) in [5, 5.41) is 19.1. The van der Waals surface area contributed by atoms with E-state index in [9.17, 15) is 0 Å². The molecule has 2 aliphatic rings. The Morgan fingerprint density at radius 3 is 2.62 bits per heavy atom. The Morgan fingerprint density at radius 1 is 1.23 bits per heavy atom. The van der Waals surface area contributed by atoms with Crippen LogP contribution < -0.4 is 5.73 Å². The number of hydrogen-bond donors (Lipinski definition) is 1. The first-order valence-electron chi connectivity index (χ1n) is 7.92. The molecule has 2 atom stereocenters. The van der Waals surface area contributed by atoms with E-state index in [0.29, 0.717) is 29.9 Å². The highest BCUT2D eigenvalue weighted by Gasteiger charge is 2.39. The van der Waals surface area contributed by atoms with E-state index in [1.54, 1.807) is 18.2 Å². The maximum absolute atomic E-state index is 9.16. The molecule has 2 aliphatic heterocycles. The van der Waals surface area contributed by atoms with Gasteiger partial charge < -0.3 is 10.6 Å². The average Bonchev–Trinajstić information content (AvgIpc) is 3.00. The molecule has 0 bridgehead atoms. The van der Waals surface area contributed by atoms with Gasteiger partial charge in [-0.2, -0.15) is 10.5 Å². The van der Waals surface area contributed by atoms with Crippen molar-refractivity contribution < 1.29 is 0 Å². The zero-order valence-electron chi connectivity index (χ0n) is 13.8. The second-order valence-electron chi connectivity index (χ2n) is 5.66. The molecular formula is C18H15N7S. The van der Waals surface area contributed by atoms with Gasteiger partial charge in [-0.25, -0.2) is 15.0 Å². The Morgan fingerprint density at radius 2 is 1.96 bits per heavy atom. The number of amidine groups is 2. The van der Waals surface area contributed by atoms with E-state index in [0.717, 1.165) is 16.5 Å². The van der Waals surface area contributed by atoms with Gasteiger partial charge in [-0.05, 0) is 24.6 Å². The van der Waals surface area contributed by atoms with E-state index in [1.807, 2.05) is 0 Å². The topological polar surface area (TPSA) is 114 Å². The van der Waals surface area contributed by atoms with Crippen molar-refractivity contribution in [3.8, 4) is 24.5 Å². The third-order valence-electron chi connectivity index (χ3n) is 3.92. The van der Waals surface area contributed by atoms with Crippen LogP contribution in [0.5, 0.6) is 0 Å². The lowest BCUT2D eigenvalue weighted by atomic mass is 10.1. The molecule has 1 aromatic carbocycles. The quantitative estimate of drug-likeness (QED) is 0.647. The number of benzene rings is 1. The number of nitrogens with two attached hydrogens (primary N) is 1. The fraction of sp³-hybridized carbons (Fsp3) is 0.278. The molecule has 0 aromatic heterocycles. The van der Waals surface area contributed by atoms with Crippen LogP contribution in [-0.2, 0) is 0 Å². The summed E-state index contributed by atoms with van der Waals surface area (Å²) in [5.41, 5.74) is 6.84. The molecule has 2 heterocycles. The number of nitrogens with zero attached hydrogens (tertiary/aromatic N) is 6. The van der Waals surface area contributed by atoms with Gasteiger partial charge in [0, 0.05) is 17.9 Å². The van der Waals surface area contributed by atoms with E-state index >= 15 is 0 Å². The average molecular weight is 361 g/mol. The van der Waals surface area contributed by atoms with Gasteiger partial charge in [0.1, 0.15) is 12.2 Å². The van der Waals surface area contributed by atoms with Gasteiger partial charge in [0.05, 0.1) is 23.3 Å². The molecule has 0 spiro atoms. The number of thioether (sulfide) groups is 1. The maximum Gasteiger partial charge on any atom is 0.166 e. The van der Waals surface area contributed by atoms with Crippen molar-refractivity contribution in [2.75, 3.05) is 6.54 Å². The summed E-state index contributed by atoms with van der Waals surface area (Å²) in [4.78, 5) is 15.9. The summed E-state index contributed by atoms with van der Waals surface area (Å²) in [5.74, 6) is 3.06. The number of hydrogen-bond acceptors (Lipinski definition) is 8. The summed E-state index contributed by atoms with van der Waals surface area (Å²) in [6.45, 7) is 0.685. The van der Waals surface area contributed by atoms with Crippen molar-refractivity contribution in [3.05, 3.63) is 29.3 Å². The zero-order chi connectivity index (χ0) is 18.5. The molecule has 0 amide bonds. The van der Waals surface area contributed by atoms with Crippen molar-refractivity contribution in [2.24, 2.45) is 20.7 Å². The predicted octanol–water partition coefficient (Wildman–Crippen LogP) is 1.70. The van der Waals surface area contributed by atoms with Gasteiger partial charge in [-0.1, -0.05) is 11.8 Å². The first-order chi connectivity index (χ1) is 12.7. The number of aliphatic imine (C=N–C) groups is 3. The van der Waals surface area contributed by atoms with Crippen molar-refractivity contribution >= 4 is 29.1 Å². The number of unbranched alkanes of at least 4 members (excludes halogenated alkanes) is 1. The van der Waals surface area contributed by atoms with E-state index in [4.69, 9.17) is 22.7 Å². The summed E-state index contributed by atoms with van der Waals surface area (Å²) >= 11 is 1.38. The second-order valence-corrected chi connectivity index (χ2v) is 6.70. The minimum atomic E-state index is -0.331. The lowest BCUT2D eigenvalue weighted by Gasteiger charge is -2.27. The van der Waals surface area contributed by atoms with E-state index in [-0.39, 0.29) is 12.2 Å². The third-order valence-corrected chi connectivity index (χ3v) is 4.91.